The summed E-state index contributed by atoms with van der Waals surface area (Å²) in [6.45, 7) is 7.74. The lowest BCUT2D eigenvalue weighted by atomic mass is 9.94. The van der Waals surface area contributed by atoms with Crippen LogP contribution in [0.2, 0.25) is 5.02 Å². The van der Waals surface area contributed by atoms with Crippen LogP contribution < -0.4 is 5.48 Å². The van der Waals surface area contributed by atoms with Gasteiger partial charge in [-0.15, -0.1) is 18.6 Å². The Morgan fingerprint density at radius 3 is 2.64 bits per heavy atom. The molecule has 11 heteroatoms. The molecule has 4 rings (SSSR count). The molecule has 0 aliphatic carbocycles. The monoisotopic (exact) mass is 567 g/mol. The number of hydroxylamine groups is 1. The molecule has 1 atom stereocenters. The first kappa shape index (κ1) is 29.9. The van der Waals surface area contributed by atoms with Gasteiger partial charge in [-0.3, -0.25) is 4.68 Å². The van der Waals surface area contributed by atoms with Crippen molar-refractivity contribution in [2.45, 2.75) is 44.9 Å². The van der Waals surface area contributed by atoms with Gasteiger partial charge in [-0.05, 0) is 49.3 Å². The normalized spacial score (nSPS) is 16.0. The Morgan fingerprint density at radius 2 is 2.00 bits per heavy atom. The van der Waals surface area contributed by atoms with Crippen molar-refractivity contribution in [2.24, 2.45) is 0 Å². The average molecular weight is 568 g/mol. The Kier molecular flexibility index (Phi) is 10.3. The van der Waals surface area contributed by atoms with Gasteiger partial charge in [-0.25, -0.2) is 8.78 Å². The summed E-state index contributed by atoms with van der Waals surface area (Å²) in [5, 5.41) is 4.33. The Hall–Kier alpha value is -3.63. The zero-order valence-corrected chi connectivity index (χ0v) is 21.8. The number of aromatic nitrogens is 2. The molecule has 1 unspecified atom stereocenters. The molecule has 0 spiro atoms. The van der Waals surface area contributed by atoms with Crippen molar-refractivity contribution in [1.29, 1.82) is 0 Å². The average Bonchev–Trinajstić information content (AvgIpc) is 3.65. The second-order valence-corrected chi connectivity index (χ2v) is 8.62. The fourth-order valence-electron chi connectivity index (χ4n) is 3.99. The molecule has 1 aliphatic heterocycles. The van der Waals surface area contributed by atoms with Gasteiger partial charge in [0.15, 0.2) is 5.76 Å². The van der Waals surface area contributed by atoms with Crippen LogP contribution in [-0.4, -0.2) is 16.0 Å². The van der Waals surface area contributed by atoms with E-state index in [-0.39, 0.29) is 34.1 Å². The number of nitrogens with one attached hydrogen (secondary N) is 1. The molecule has 39 heavy (non-hydrogen) atoms. The third-order valence-electron chi connectivity index (χ3n) is 5.70. The largest absolute Gasteiger partial charge is 0.464 e. The summed E-state index contributed by atoms with van der Waals surface area (Å²) < 4.78 is 75.3. The minimum Gasteiger partial charge on any atom is -0.464 e. The van der Waals surface area contributed by atoms with Crippen LogP contribution >= 0.6 is 11.6 Å². The van der Waals surface area contributed by atoms with Gasteiger partial charge >= 0.3 is 6.18 Å². The molecule has 208 valence electrons. The highest BCUT2D eigenvalue weighted by molar-refractivity contribution is 6.31. The predicted octanol–water partition coefficient (Wildman–Crippen LogP) is 8.53. The highest BCUT2D eigenvalue weighted by Crippen LogP contribution is 2.45. The molecule has 0 saturated heterocycles. The van der Waals surface area contributed by atoms with Gasteiger partial charge in [0.05, 0.1) is 35.8 Å². The summed E-state index contributed by atoms with van der Waals surface area (Å²) in [5.41, 5.74) is 3.54. The highest BCUT2D eigenvalue weighted by atomic mass is 35.5. The smallest absolute Gasteiger partial charge is 0.389 e. The number of furan rings is 1. The third-order valence-corrected chi connectivity index (χ3v) is 6.03. The number of hydrogen-bond donors (Lipinski definition) is 1. The molecule has 1 aliphatic rings. The highest BCUT2D eigenvalue weighted by Gasteiger charge is 2.37. The Bertz CT molecular complexity index is 1320. The molecule has 3 heterocycles. The maximum absolute atomic E-state index is 14.8. The lowest BCUT2D eigenvalue weighted by Gasteiger charge is -2.14. The molecule has 1 N–H and O–H groups in total. The zero-order chi connectivity index (χ0) is 28.6. The maximum atomic E-state index is 14.8. The van der Waals surface area contributed by atoms with Gasteiger partial charge in [0.25, 0.3) is 0 Å². The van der Waals surface area contributed by atoms with Gasteiger partial charge in [-0.2, -0.15) is 18.3 Å². The molecule has 0 fully saturated rings. The van der Waals surface area contributed by atoms with E-state index in [1.807, 2.05) is 6.92 Å². The van der Waals surface area contributed by atoms with E-state index >= 15 is 0 Å². The number of hydrogen-bond acceptors (Lipinski definition) is 4. The topological polar surface area (TPSA) is 52.2 Å². The van der Waals surface area contributed by atoms with Crippen LogP contribution in [0.15, 0.2) is 84.4 Å². The van der Waals surface area contributed by atoms with Crippen molar-refractivity contribution in [3.63, 3.8) is 0 Å². The molecule has 3 aromatic rings. The van der Waals surface area contributed by atoms with Crippen LogP contribution in [0.4, 0.5) is 22.0 Å². The van der Waals surface area contributed by atoms with Gasteiger partial charge in [-0.1, -0.05) is 30.7 Å². The molecule has 0 bridgehead atoms. The molecule has 0 amide bonds. The van der Waals surface area contributed by atoms with Crippen molar-refractivity contribution in [2.75, 3.05) is 0 Å². The van der Waals surface area contributed by atoms with Crippen LogP contribution in [0.3, 0.4) is 0 Å². The van der Waals surface area contributed by atoms with Gasteiger partial charge < -0.3 is 9.25 Å². The Balaban J connectivity index is 0.00000205. The van der Waals surface area contributed by atoms with Crippen LogP contribution in [-0.2, 0) is 17.8 Å². The van der Waals surface area contributed by atoms with Crippen molar-refractivity contribution in [3.05, 3.63) is 113 Å². The van der Waals surface area contributed by atoms with E-state index in [1.54, 1.807) is 18.2 Å². The standard InChI is InChI=1S/C26H23ClF5N3O2.C2H4/c1-2-3-6-16(28)11-13-35-20(10-12-26(30,31)32)17(15-33-35)25-23(21-9-5-14-36-21)24(34-37-25)22-18(27)7-4-8-19(22)29;1-2/h3-9,11,14-15,24,34H,2,10,12-13H2,1H3;1-2H2/b6-3-,16-11+;. The maximum Gasteiger partial charge on any atom is 0.389 e. The van der Waals surface area contributed by atoms with E-state index in [0.717, 1.165) is 0 Å². The molecule has 2 aromatic heterocycles. The van der Waals surface area contributed by atoms with E-state index in [2.05, 4.69) is 23.7 Å². The number of rotatable bonds is 9. The minimum absolute atomic E-state index is 0.0857. The summed E-state index contributed by atoms with van der Waals surface area (Å²) in [6, 6.07) is 6.51. The van der Waals surface area contributed by atoms with Crippen LogP contribution in [0, 0.1) is 5.82 Å². The van der Waals surface area contributed by atoms with Crippen LogP contribution in [0.25, 0.3) is 11.3 Å². The predicted molar refractivity (Wildman–Crippen MR) is 140 cm³/mol. The number of nitrogens with zero attached hydrogens (tertiary/aromatic N) is 2. The molecule has 1 aromatic carbocycles. The molecule has 5 nitrogen and oxygen atoms in total. The minimum atomic E-state index is -4.44. The summed E-state index contributed by atoms with van der Waals surface area (Å²) in [6.07, 6.45) is 1.49. The second kappa shape index (κ2) is 13.4. The van der Waals surface area contributed by atoms with Crippen LogP contribution in [0.5, 0.6) is 0 Å². The van der Waals surface area contributed by atoms with Gasteiger partial charge in [0, 0.05) is 17.0 Å². The Labute approximate surface area is 227 Å². The second-order valence-electron chi connectivity index (χ2n) is 8.21. The van der Waals surface area contributed by atoms with E-state index in [1.165, 1.54) is 47.5 Å². The quantitative estimate of drug-likeness (QED) is 0.160. The van der Waals surface area contributed by atoms with Crippen molar-refractivity contribution >= 4 is 22.9 Å². The van der Waals surface area contributed by atoms with Gasteiger partial charge in [0.1, 0.15) is 23.4 Å². The zero-order valence-electron chi connectivity index (χ0n) is 21.1. The fraction of sp³-hybridized carbons (Fsp3) is 0.250. The van der Waals surface area contributed by atoms with E-state index in [9.17, 15) is 22.0 Å². The first-order chi connectivity index (χ1) is 18.7. The molecule has 0 radical (unpaired) electrons. The first-order valence-electron chi connectivity index (χ1n) is 12.0. The number of benzene rings is 1. The lowest BCUT2D eigenvalue weighted by Crippen LogP contribution is -2.16. The third kappa shape index (κ3) is 7.27. The summed E-state index contributed by atoms with van der Waals surface area (Å²) in [7, 11) is 0. The number of halogens is 6. The van der Waals surface area contributed by atoms with E-state index in [4.69, 9.17) is 20.9 Å². The van der Waals surface area contributed by atoms with Crippen molar-refractivity contribution in [3.8, 4) is 0 Å². The summed E-state index contributed by atoms with van der Waals surface area (Å²) >= 11 is 6.29. The SMILES string of the molecule is C=C.CC/C=C\C(F)=C/Cn1ncc(C2=C(c3ccco3)C(c3c(F)cccc3Cl)NO2)c1CCC(F)(F)F. The van der Waals surface area contributed by atoms with E-state index in [0.29, 0.717) is 17.8 Å². The number of allylic oxidation sites excluding steroid dienone is 4. The molecule has 0 saturated carbocycles. The van der Waals surface area contributed by atoms with E-state index < -0.39 is 36.7 Å². The summed E-state index contributed by atoms with van der Waals surface area (Å²) in [4.78, 5) is 5.73. The van der Waals surface area contributed by atoms with Crippen LogP contribution in [0.1, 0.15) is 48.4 Å². The lowest BCUT2D eigenvalue weighted by molar-refractivity contribution is -0.134. The summed E-state index contributed by atoms with van der Waals surface area (Å²) in [5.74, 6) is -0.732. The number of alkyl halides is 3. The van der Waals surface area contributed by atoms with Crippen molar-refractivity contribution in [1.82, 2.24) is 15.3 Å². The van der Waals surface area contributed by atoms with Gasteiger partial charge in [0.2, 0.25) is 0 Å². The fourth-order valence-corrected chi connectivity index (χ4v) is 4.26. The molecular formula is C28H27ClF5N3O2. The Morgan fingerprint density at radius 1 is 1.23 bits per heavy atom. The first-order valence-corrected chi connectivity index (χ1v) is 12.4. The molecular weight excluding hydrogens is 541 g/mol. The van der Waals surface area contributed by atoms with Crippen molar-refractivity contribution < 1.29 is 31.2 Å².